The van der Waals surface area contributed by atoms with Crippen molar-refractivity contribution in [3.05, 3.63) is 46.2 Å². The zero-order chi connectivity index (χ0) is 11.5. The molecule has 0 saturated heterocycles. The van der Waals surface area contributed by atoms with Crippen LogP contribution in [-0.4, -0.2) is 7.05 Å². The quantitative estimate of drug-likeness (QED) is 0.823. The monoisotopic (exact) mass is 232 g/mol. The Labute approximate surface area is 100 Å². The molecule has 0 saturated carbocycles. The van der Waals surface area contributed by atoms with Gasteiger partial charge in [0.1, 0.15) is 0 Å². The molecule has 2 nitrogen and oxygen atoms in total. The van der Waals surface area contributed by atoms with Crippen molar-refractivity contribution in [2.24, 2.45) is 0 Å². The molecule has 84 valence electrons. The van der Waals surface area contributed by atoms with Gasteiger partial charge in [0.2, 0.25) is 0 Å². The Bertz CT molecular complexity index is 463. The summed E-state index contributed by atoms with van der Waals surface area (Å²) in [5.74, 6) is 0. The Balaban J connectivity index is 2.21. The van der Waals surface area contributed by atoms with Crippen molar-refractivity contribution in [1.29, 1.82) is 0 Å². The molecule has 2 rings (SSSR count). The maximum absolute atomic E-state index is 5.91. The second-order valence-corrected chi connectivity index (χ2v) is 4.76. The lowest BCUT2D eigenvalue weighted by Crippen LogP contribution is -2.17. The first-order chi connectivity index (χ1) is 7.68. The number of anilines is 2. The molecule has 0 amide bonds. The van der Waals surface area contributed by atoms with E-state index >= 15 is 0 Å². The summed E-state index contributed by atoms with van der Waals surface area (Å²) in [4.78, 5) is 2.23. The molecule has 3 heteroatoms. The Hall–Kier alpha value is -1.48. The van der Waals surface area contributed by atoms with Crippen molar-refractivity contribution in [3.8, 4) is 0 Å². The maximum atomic E-state index is 5.91. The third kappa shape index (κ3) is 2.19. The molecule has 2 N–H and O–H groups in total. The lowest BCUT2D eigenvalue weighted by Gasteiger charge is -2.21. The van der Waals surface area contributed by atoms with E-state index in [9.17, 15) is 0 Å². The maximum Gasteiger partial charge on any atom is 0.0434 e. The van der Waals surface area contributed by atoms with Crippen LogP contribution in [0.4, 0.5) is 11.4 Å². The van der Waals surface area contributed by atoms with Crippen LogP contribution < -0.4 is 10.6 Å². The molecular formula is C13H16N2S. The highest BCUT2D eigenvalue weighted by molar-refractivity contribution is 7.07. The Morgan fingerprint density at radius 2 is 2.12 bits per heavy atom. The van der Waals surface area contributed by atoms with E-state index in [2.05, 4.69) is 41.8 Å². The number of nitrogens with two attached hydrogens (primary N) is 1. The normalized spacial score (nSPS) is 10.4. The Kier molecular flexibility index (Phi) is 3.15. The summed E-state index contributed by atoms with van der Waals surface area (Å²) >= 11 is 1.73. The molecule has 0 aliphatic heterocycles. The summed E-state index contributed by atoms with van der Waals surface area (Å²) in [6, 6.07) is 8.21. The van der Waals surface area contributed by atoms with E-state index in [1.54, 1.807) is 11.3 Å². The smallest absolute Gasteiger partial charge is 0.0434 e. The molecule has 2 aromatic rings. The van der Waals surface area contributed by atoms with Crippen LogP contribution in [0.2, 0.25) is 0 Å². The largest absolute Gasteiger partial charge is 0.398 e. The highest BCUT2D eigenvalue weighted by Gasteiger charge is 2.07. The van der Waals surface area contributed by atoms with Crippen molar-refractivity contribution < 1.29 is 0 Å². The molecule has 16 heavy (non-hydrogen) atoms. The van der Waals surface area contributed by atoms with E-state index in [1.165, 1.54) is 11.3 Å². The number of benzene rings is 1. The van der Waals surface area contributed by atoms with Gasteiger partial charge in [-0.2, -0.15) is 11.3 Å². The molecule has 0 atom stereocenters. The van der Waals surface area contributed by atoms with Crippen LogP contribution in [-0.2, 0) is 6.54 Å². The van der Waals surface area contributed by atoms with Crippen molar-refractivity contribution in [1.82, 2.24) is 0 Å². The van der Waals surface area contributed by atoms with Crippen LogP contribution in [0.3, 0.4) is 0 Å². The van der Waals surface area contributed by atoms with E-state index in [0.29, 0.717) is 0 Å². The summed E-state index contributed by atoms with van der Waals surface area (Å²) < 4.78 is 0. The van der Waals surface area contributed by atoms with Crippen LogP contribution >= 0.6 is 11.3 Å². The number of nitrogen functional groups attached to an aromatic ring is 1. The summed E-state index contributed by atoms with van der Waals surface area (Å²) in [6.45, 7) is 2.99. The van der Waals surface area contributed by atoms with E-state index < -0.39 is 0 Å². The number of hydrogen-bond acceptors (Lipinski definition) is 3. The third-order valence-corrected chi connectivity index (χ3v) is 3.49. The fraction of sp³-hybridized carbons (Fsp3) is 0.231. The molecule has 1 aromatic carbocycles. The van der Waals surface area contributed by atoms with Crippen molar-refractivity contribution in [3.63, 3.8) is 0 Å². The van der Waals surface area contributed by atoms with Gasteiger partial charge in [-0.3, -0.25) is 0 Å². The minimum absolute atomic E-state index is 0.856. The van der Waals surface area contributed by atoms with Gasteiger partial charge in [0.05, 0.1) is 0 Å². The number of nitrogens with zero attached hydrogens (tertiary/aromatic N) is 1. The summed E-state index contributed by atoms with van der Waals surface area (Å²) in [7, 11) is 2.10. The van der Waals surface area contributed by atoms with Crippen molar-refractivity contribution in [2.75, 3.05) is 17.7 Å². The highest BCUT2D eigenvalue weighted by atomic mass is 32.1. The van der Waals surface area contributed by atoms with Gasteiger partial charge >= 0.3 is 0 Å². The van der Waals surface area contributed by atoms with E-state index in [1.807, 2.05) is 12.1 Å². The second kappa shape index (κ2) is 4.58. The molecule has 0 radical (unpaired) electrons. The van der Waals surface area contributed by atoms with Crippen molar-refractivity contribution >= 4 is 22.7 Å². The van der Waals surface area contributed by atoms with E-state index in [0.717, 1.165) is 17.8 Å². The summed E-state index contributed by atoms with van der Waals surface area (Å²) in [6.07, 6.45) is 0. The van der Waals surface area contributed by atoms with E-state index in [4.69, 9.17) is 5.73 Å². The predicted octanol–water partition coefficient (Wildman–Crippen LogP) is 3.28. The molecule has 1 heterocycles. The van der Waals surface area contributed by atoms with Crippen molar-refractivity contribution in [2.45, 2.75) is 13.5 Å². The summed E-state index contributed by atoms with van der Waals surface area (Å²) in [5.41, 5.74) is 10.5. The van der Waals surface area contributed by atoms with Gasteiger partial charge in [-0.1, -0.05) is 6.07 Å². The number of rotatable bonds is 3. The topological polar surface area (TPSA) is 29.3 Å². The Morgan fingerprint density at radius 3 is 2.81 bits per heavy atom. The van der Waals surface area contributed by atoms with Gasteiger partial charge in [0, 0.05) is 25.0 Å². The van der Waals surface area contributed by atoms with Gasteiger partial charge in [0.25, 0.3) is 0 Å². The summed E-state index contributed by atoms with van der Waals surface area (Å²) in [5, 5.41) is 4.29. The van der Waals surface area contributed by atoms with Gasteiger partial charge in [0.15, 0.2) is 0 Å². The third-order valence-electron chi connectivity index (χ3n) is 2.76. The van der Waals surface area contributed by atoms with Crippen LogP contribution in [0, 0.1) is 6.92 Å². The Morgan fingerprint density at radius 1 is 1.31 bits per heavy atom. The van der Waals surface area contributed by atoms with Crippen LogP contribution in [0.1, 0.15) is 11.1 Å². The molecule has 0 spiro atoms. The molecule has 0 aliphatic carbocycles. The first-order valence-electron chi connectivity index (χ1n) is 5.26. The molecule has 0 aliphatic rings. The molecule has 1 aromatic heterocycles. The molecule has 0 bridgehead atoms. The fourth-order valence-corrected chi connectivity index (χ4v) is 2.46. The van der Waals surface area contributed by atoms with Gasteiger partial charge in [-0.15, -0.1) is 0 Å². The number of thiophene rings is 1. The predicted molar refractivity (Wildman–Crippen MR) is 72.0 cm³/mol. The first kappa shape index (κ1) is 11.0. The molecular weight excluding hydrogens is 216 g/mol. The fourth-order valence-electron chi connectivity index (χ4n) is 1.80. The highest BCUT2D eigenvalue weighted by Crippen LogP contribution is 2.25. The molecule has 0 fully saturated rings. The standard InChI is InChI=1S/C13H16N2S/c1-10-12(14)4-3-5-13(10)15(2)8-11-6-7-16-9-11/h3-7,9H,8,14H2,1-2H3. The minimum Gasteiger partial charge on any atom is -0.398 e. The average Bonchev–Trinajstić information content (AvgIpc) is 2.74. The lowest BCUT2D eigenvalue weighted by molar-refractivity contribution is 0.922. The minimum atomic E-state index is 0.856. The zero-order valence-electron chi connectivity index (χ0n) is 9.60. The first-order valence-corrected chi connectivity index (χ1v) is 6.20. The van der Waals surface area contributed by atoms with Gasteiger partial charge in [-0.25, -0.2) is 0 Å². The number of hydrogen-bond donors (Lipinski definition) is 1. The van der Waals surface area contributed by atoms with Crippen LogP contribution in [0.25, 0.3) is 0 Å². The molecule has 0 unspecified atom stereocenters. The van der Waals surface area contributed by atoms with Crippen LogP contribution in [0.15, 0.2) is 35.0 Å². The van der Waals surface area contributed by atoms with Crippen LogP contribution in [0.5, 0.6) is 0 Å². The average molecular weight is 232 g/mol. The second-order valence-electron chi connectivity index (χ2n) is 3.98. The van der Waals surface area contributed by atoms with E-state index in [-0.39, 0.29) is 0 Å². The van der Waals surface area contributed by atoms with Gasteiger partial charge in [-0.05, 0) is 47.0 Å². The lowest BCUT2D eigenvalue weighted by atomic mass is 10.1. The SMILES string of the molecule is Cc1c(N)cccc1N(C)Cc1ccsc1. The van der Waals surface area contributed by atoms with Gasteiger partial charge < -0.3 is 10.6 Å². The zero-order valence-corrected chi connectivity index (χ0v) is 10.4.